The van der Waals surface area contributed by atoms with Crippen molar-refractivity contribution in [2.75, 3.05) is 66.1 Å². The maximum absolute atomic E-state index is 13.4. The molecule has 0 aromatic heterocycles. The summed E-state index contributed by atoms with van der Waals surface area (Å²) in [7, 11) is 0. The molecule has 0 aromatic rings. The van der Waals surface area contributed by atoms with Gasteiger partial charge in [-0.3, -0.25) is 28.8 Å². The fourth-order valence-corrected chi connectivity index (χ4v) is 18.6. The Morgan fingerprint density at radius 1 is 0.297 bits per heavy atom. The van der Waals surface area contributed by atoms with Gasteiger partial charge in [0, 0.05) is 48.0 Å². The van der Waals surface area contributed by atoms with E-state index in [4.69, 9.17) is 99.5 Å². The molecule has 145 heavy (non-hydrogen) atoms. The number of carboxylic acids is 1. The molecule has 0 bridgehead atoms. The van der Waals surface area contributed by atoms with Gasteiger partial charge in [0.15, 0.2) is 62.9 Å². The molecule has 0 radical (unpaired) electrons. The number of hydrogen-bond acceptors (Lipinski definition) is 57. The minimum atomic E-state index is -3.14. The zero-order valence-corrected chi connectivity index (χ0v) is 78.4. The van der Waals surface area contributed by atoms with Gasteiger partial charge in [-0.15, -0.1) is 0 Å². The molecule has 0 spiro atoms. The predicted octanol–water partition coefficient (Wildman–Crippen LogP) is -23.9. The lowest BCUT2D eigenvalue weighted by molar-refractivity contribution is -0.398. The molecule has 11 aliphatic heterocycles. The maximum Gasteiger partial charge on any atom is 0.364 e. The first-order chi connectivity index (χ1) is 68.3. The van der Waals surface area contributed by atoms with Gasteiger partial charge in [0.2, 0.25) is 35.4 Å². The molecule has 64 heteroatoms. The Balaban J connectivity index is 0.924. The number of hydrogen-bond donors (Lipinski definition) is 36. The fraction of sp³-hybridized carbons (Fsp3) is 0.914. The third kappa shape index (κ3) is 27.0. The van der Waals surface area contributed by atoms with Gasteiger partial charge in [-0.1, -0.05) is 0 Å². The summed E-state index contributed by atoms with van der Waals surface area (Å²) >= 11 is 0. The number of amides is 6. The molecule has 6 amide bonds. The van der Waals surface area contributed by atoms with Crippen molar-refractivity contribution in [2.24, 2.45) is 0 Å². The average molecular weight is 2120 g/mol. The van der Waals surface area contributed by atoms with Crippen molar-refractivity contribution in [3.63, 3.8) is 0 Å². The molecule has 11 heterocycles. The maximum atomic E-state index is 13.4. The second-order valence-electron chi connectivity index (χ2n) is 36.7. The first-order valence-corrected chi connectivity index (χ1v) is 46.1. The Labute approximate surface area is 821 Å². The fourth-order valence-electron chi connectivity index (χ4n) is 18.6. The number of aliphatic carboxylic acids is 1. The molecule has 11 saturated heterocycles. The Hall–Kier alpha value is -5.71. The lowest BCUT2D eigenvalue weighted by Gasteiger charge is -2.51. The minimum Gasteiger partial charge on any atom is -0.477 e. The summed E-state index contributed by atoms with van der Waals surface area (Å²) in [6.07, 6.45) is -107. The third-order valence-electron chi connectivity index (χ3n) is 26.3. The molecule has 11 aliphatic rings. The lowest BCUT2D eigenvalue weighted by Crippen LogP contribution is -2.71. The molecule has 0 unspecified atom stereocenters. The number of carboxylic acid groups (broad SMARTS) is 1. The molecule has 11 fully saturated rings. The highest BCUT2D eigenvalue weighted by Crippen LogP contribution is 2.43. The SMILES string of the molecule is CC(=O)N[C@@H]1[C@H](O[C@@H]2[C@@H](O[C@@H]3[C@H](O)[C@H](O[C@H]4[C@H](O)[C@@H](NC(C)=O)[C@H](O[C@H]5[C@H](O)[C@@H](NC(C)=O)[C@H](O)O[C@@H]5CO[C@@H]5O[C@@H](C)[C@@H](O)[C@@H](O)[C@@H]5O)O[C@@H]4CO)O[C@H](CO[C@H]4O[C@H](CO)[C@@H](O)[C@H](O)[C@@H]4O[C@@H]4O[C@H](CO)[C@@H](O[C@@H]5O[C@H](CO)[C@H](O)[C@H](O)[C@H]5NC(C)=O)[C@H](O)[C@H]4NC(C)=O)[C@H]3O)O[C@H](CO)[C@@H](O)[C@@H]2O)O[C@H](CO)[C@@H](O[C@@H]2O[C@H](CO[C@]3(C(=O)O)C[C@H](O)[C@@H](O)[C@H]([C@H](O)[C@H](O)CO)O3)[C@H](O)[C@H](O)[C@H]2NC(C)=O)[C@@H]1O. The number of rotatable bonds is 39. The van der Waals surface area contributed by atoms with Crippen LogP contribution in [0, 0.1) is 0 Å². The van der Waals surface area contributed by atoms with Gasteiger partial charge < -0.3 is 285 Å². The van der Waals surface area contributed by atoms with Crippen LogP contribution in [-0.2, 0) is 133 Å². The number of nitrogens with one attached hydrogen (secondary N) is 6. The van der Waals surface area contributed by atoms with Crippen LogP contribution in [-0.4, -0.2) is 604 Å². The molecular weight excluding hydrogens is 1980 g/mol. The molecule has 0 aliphatic carbocycles. The largest absolute Gasteiger partial charge is 0.477 e. The van der Waals surface area contributed by atoms with Crippen LogP contribution in [0.4, 0.5) is 0 Å². The van der Waals surface area contributed by atoms with Gasteiger partial charge in [-0.2, -0.15) is 0 Å². The van der Waals surface area contributed by atoms with Crippen molar-refractivity contribution in [1.82, 2.24) is 31.9 Å². The van der Waals surface area contributed by atoms with Gasteiger partial charge in [0.05, 0.1) is 78.3 Å². The van der Waals surface area contributed by atoms with Crippen LogP contribution in [0.15, 0.2) is 0 Å². The molecule has 64 nitrogen and oxygen atoms in total. The monoisotopic (exact) mass is 2120 g/mol. The van der Waals surface area contributed by atoms with Crippen molar-refractivity contribution < 1.29 is 286 Å². The van der Waals surface area contributed by atoms with Crippen molar-refractivity contribution >= 4 is 41.4 Å². The van der Waals surface area contributed by atoms with Crippen molar-refractivity contribution in [1.29, 1.82) is 0 Å². The van der Waals surface area contributed by atoms with Gasteiger partial charge >= 0.3 is 5.97 Å². The summed E-state index contributed by atoms with van der Waals surface area (Å²) in [5.74, 6) is -11.0. The van der Waals surface area contributed by atoms with Crippen molar-refractivity contribution in [2.45, 2.75) is 398 Å². The Morgan fingerprint density at radius 3 is 1.03 bits per heavy atom. The highest BCUT2D eigenvalue weighted by Gasteiger charge is 2.64. The van der Waals surface area contributed by atoms with Gasteiger partial charge in [0.1, 0.15) is 262 Å². The van der Waals surface area contributed by atoms with Crippen molar-refractivity contribution in [3.05, 3.63) is 0 Å². The van der Waals surface area contributed by atoms with Crippen LogP contribution in [0.3, 0.4) is 0 Å². The summed E-state index contributed by atoms with van der Waals surface area (Å²) in [4.78, 5) is 90.8. The van der Waals surface area contributed by atoms with Crippen LogP contribution in [0.5, 0.6) is 0 Å². The van der Waals surface area contributed by atoms with Crippen LogP contribution in [0.2, 0.25) is 0 Å². The first-order valence-electron chi connectivity index (χ1n) is 46.1. The van der Waals surface area contributed by atoms with E-state index in [1.165, 1.54) is 6.92 Å². The number of aliphatic hydroxyl groups is 29. The first kappa shape index (κ1) is 120. The van der Waals surface area contributed by atoms with Gasteiger partial charge in [0.25, 0.3) is 5.79 Å². The van der Waals surface area contributed by atoms with E-state index < -0.39 is 457 Å². The number of ether oxygens (including phenoxy) is 21. The Kier molecular flexibility index (Phi) is 42.7. The van der Waals surface area contributed by atoms with E-state index in [0.717, 1.165) is 41.5 Å². The lowest BCUT2D eigenvalue weighted by atomic mass is 9.90. The van der Waals surface area contributed by atoms with Gasteiger partial charge in [-0.25, -0.2) is 4.79 Å². The van der Waals surface area contributed by atoms with Crippen LogP contribution in [0.25, 0.3) is 0 Å². The number of carbonyl (C=O) groups is 7. The van der Waals surface area contributed by atoms with E-state index in [0.29, 0.717) is 0 Å². The zero-order valence-electron chi connectivity index (χ0n) is 78.4. The van der Waals surface area contributed by atoms with E-state index in [1.54, 1.807) is 0 Å². The van der Waals surface area contributed by atoms with Crippen LogP contribution >= 0.6 is 0 Å². The number of carbonyl (C=O) groups excluding carboxylic acids is 6. The molecule has 36 N–H and O–H groups in total. The van der Waals surface area contributed by atoms with E-state index in [2.05, 4.69) is 31.9 Å². The normalized spacial score (nSPS) is 47.2. The highest BCUT2D eigenvalue weighted by atomic mass is 16.8. The summed E-state index contributed by atoms with van der Waals surface area (Å²) < 4.78 is 126. The van der Waals surface area contributed by atoms with E-state index in [9.17, 15) is 187 Å². The van der Waals surface area contributed by atoms with E-state index >= 15 is 0 Å². The molecular formula is C81H134N6O58. The Morgan fingerprint density at radius 2 is 0.614 bits per heavy atom. The third-order valence-corrected chi connectivity index (χ3v) is 26.3. The van der Waals surface area contributed by atoms with Crippen molar-refractivity contribution in [3.8, 4) is 0 Å². The van der Waals surface area contributed by atoms with Crippen LogP contribution in [0.1, 0.15) is 54.9 Å². The highest BCUT2D eigenvalue weighted by molar-refractivity contribution is 5.77. The predicted molar refractivity (Wildman–Crippen MR) is 448 cm³/mol. The number of aliphatic hydroxyl groups excluding tert-OH is 29. The van der Waals surface area contributed by atoms with E-state index in [-0.39, 0.29) is 0 Å². The second-order valence-corrected chi connectivity index (χ2v) is 36.7. The molecule has 0 aromatic carbocycles. The van der Waals surface area contributed by atoms with Crippen LogP contribution < -0.4 is 31.9 Å². The second kappa shape index (κ2) is 51.8. The summed E-state index contributed by atoms with van der Waals surface area (Å²) in [6.45, 7) is -5.10. The van der Waals surface area contributed by atoms with E-state index in [1.807, 2.05) is 0 Å². The average Bonchev–Trinajstić information content (AvgIpc) is 0.764. The quantitative estimate of drug-likeness (QED) is 0.0272. The molecule has 0 saturated carbocycles. The minimum absolute atomic E-state index is 0.834. The standard InChI is InChI=1S/C81H134N6O58/c1-19-43(103)57(117)60(120)76(128-19)125-17-36-65(53(113)37(70(122)129-36)82-20(2)95)140-73-40(85-23(5)98)56(116)64(33(15-94)133-73)141-77-61(121)66(50(110)34(137-77)16-126-78-68(58(118)47(107)29(11-90)131-78)143-74-41(86-24(6)99)54(114)62(31(13-92)134-74)138-71-38(83-21(3)96)51(111)46(106)28(10-89)130-71)142-79-69(59(119)48(108)30(12-91)132-79)144-75-42(87-25(7)100)55(115)63(32(14-93)135-75)139-72-39(84-22(4)97)52(112)49(109)35(136-72)18-127-81(80(123)124)8-26(101)44(104)67(145-81)45(105)27(102)9-88/h19,26-79,88-94,101-122H,8-18H2,1-7H3,(H,82,95)(H,83,96)(H,84,97)(H,85,98)(H,86,99)(H,87,100)(H,123,124)/t19-,26-,27+,28+,29+,30+,31+,32+,33+,34+,35+,36+,37+,38+,39+,40+,41+,42-,43+,44+,45+,46-,47+,48+,49-,50+,51+,52+,53+,54+,55+,56+,57+,58-,59-,60-,61-,62+,63+,64+,65+,66-,67+,68-,69-,70+,71-,72-,73-,74-,75-,76+,77-,78-,79+,81+/m0/s1. The smallest absolute Gasteiger partial charge is 0.364 e. The zero-order chi connectivity index (χ0) is 107. The Bertz CT molecular complexity index is 4150. The summed E-state index contributed by atoms with van der Waals surface area (Å²) in [6, 6.07) is -11.7. The summed E-state index contributed by atoms with van der Waals surface area (Å²) in [5.41, 5.74) is 0. The molecule has 56 atom stereocenters. The topological polar surface area (TPSA) is 992 Å². The molecule has 836 valence electrons. The van der Waals surface area contributed by atoms with Gasteiger partial charge in [-0.05, 0) is 6.92 Å². The summed E-state index contributed by atoms with van der Waals surface area (Å²) in [5, 5.41) is 353. The molecule has 11 rings (SSSR count).